The maximum absolute atomic E-state index is 5.76. The molecule has 0 bridgehead atoms. The predicted molar refractivity (Wildman–Crippen MR) is 87.7 cm³/mol. The number of nitrogens with two attached hydrogens (primary N) is 1. The summed E-state index contributed by atoms with van der Waals surface area (Å²) >= 11 is 1.52. The maximum Gasteiger partial charge on any atom is 0.233 e. The van der Waals surface area contributed by atoms with E-state index in [1.54, 1.807) is 0 Å². The molecule has 2 aromatic heterocycles. The molecule has 1 atom stereocenters. The number of fused-ring (bicyclic) bond motifs is 1. The Balaban J connectivity index is 1.68. The van der Waals surface area contributed by atoms with Gasteiger partial charge in [0.2, 0.25) is 11.8 Å². The van der Waals surface area contributed by atoms with Crippen molar-refractivity contribution in [3.63, 3.8) is 0 Å². The van der Waals surface area contributed by atoms with E-state index in [1.165, 1.54) is 22.5 Å². The first-order chi connectivity index (χ1) is 11.2. The van der Waals surface area contributed by atoms with E-state index in [9.17, 15) is 0 Å². The third-order valence-corrected chi connectivity index (χ3v) is 4.91. The van der Waals surface area contributed by atoms with E-state index in [1.807, 2.05) is 13.1 Å². The molecule has 0 spiro atoms. The zero-order valence-electron chi connectivity index (χ0n) is 12.8. The summed E-state index contributed by atoms with van der Waals surface area (Å²) in [7, 11) is 0. The molecular weight excluding hydrogens is 310 g/mol. The highest BCUT2D eigenvalue weighted by Crippen LogP contribution is 2.34. The molecule has 0 fully saturated rings. The molecule has 0 radical (unpaired) electrons. The van der Waals surface area contributed by atoms with Gasteiger partial charge in [0.1, 0.15) is 0 Å². The molecule has 0 saturated heterocycles. The van der Waals surface area contributed by atoms with Crippen molar-refractivity contribution in [1.82, 2.24) is 20.1 Å². The molecule has 0 saturated carbocycles. The van der Waals surface area contributed by atoms with Crippen LogP contribution in [0.4, 0.5) is 5.13 Å². The van der Waals surface area contributed by atoms with Crippen LogP contribution in [0.15, 0.2) is 34.9 Å². The van der Waals surface area contributed by atoms with Crippen molar-refractivity contribution in [1.29, 1.82) is 0 Å². The zero-order chi connectivity index (χ0) is 15.8. The van der Waals surface area contributed by atoms with Gasteiger partial charge in [-0.25, -0.2) is 4.98 Å². The molecule has 1 aliphatic rings. The average Bonchev–Trinajstić information content (AvgIpc) is 3.15. The predicted octanol–water partition coefficient (Wildman–Crippen LogP) is 2.72. The summed E-state index contributed by atoms with van der Waals surface area (Å²) in [5.41, 5.74) is 8.44. The molecular formula is C16H17N5OS. The molecule has 4 rings (SSSR count). The fourth-order valence-electron chi connectivity index (χ4n) is 3.03. The molecule has 3 heterocycles. The molecule has 0 amide bonds. The van der Waals surface area contributed by atoms with Crippen LogP contribution in [0.3, 0.4) is 0 Å². The number of hydrogen-bond acceptors (Lipinski definition) is 7. The van der Waals surface area contributed by atoms with E-state index in [4.69, 9.17) is 10.2 Å². The number of hydrogen-bond donors (Lipinski definition) is 1. The number of anilines is 1. The van der Waals surface area contributed by atoms with Crippen molar-refractivity contribution < 1.29 is 4.42 Å². The lowest BCUT2D eigenvalue weighted by molar-refractivity contribution is 0.138. The van der Waals surface area contributed by atoms with Crippen LogP contribution in [-0.2, 0) is 19.5 Å². The van der Waals surface area contributed by atoms with E-state index >= 15 is 0 Å². The van der Waals surface area contributed by atoms with Gasteiger partial charge < -0.3 is 10.2 Å². The molecule has 0 aliphatic carbocycles. The van der Waals surface area contributed by atoms with E-state index in [0.29, 0.717) is 16.9 Å². The Hall–Kier alpha value is -2.25. The Morgan fingerprint density at radius 3 is 2.83 bits per heavy atom. The normalized spacial score (nSPS) is 18.0. The molecule has 7 heteroatoms. The minimum Gasteiger partial charge on any atom is -0.424 e. The number of aryl methyl sites for hydroxylation is 1. The van der Waals surface area contributed by atoms with E-state index in [2.05, 4.69) is 44.3 Å². The third-order valence-electron chi connectivity index (χ3n) is 4.10. The van der Waals surface area contributed by atoms with Crippen molar-refractivity contribution in [2.24, 2.45) is 0 Å². The first-order valence-corrected chi connectivity index (χ1v) is 8.31. The molecule has 1 unspecified atom stereocenters. The van der Waals surface area contributed by atoms with Crippen LogP contribution >= 0.6 is 11.3 Å². The zero-order valence-corrected chi connectivity index (χ0v) is 13.6. The Morgan fingerprint density at radius 1 is 1.30 bits per heavy atom. The van der Waals surface area contributed by atoms with Gasteiger partial charge in [-0.1, -0.05) is 24.3 Å². The fourth-order valence-corrected chi connectivity index (χ4v) is 3.74. The smallest absolute Gasteiger partial charge is 0.233 e. The number of nitrogens with zero attached hydrogens (tertiary/aromatic N) is 4. The number of rotatable bonds is 3. The van der Waals surface area contributed by atoms with Gasteiger partial charge in [-0.15, -0.1) is 21.5 Å². The molecule has 2 N–H and O–H groups in total. The van der Waals surface area contributed by atoms with Crippen molar-refractivity contribution in [3.8, 4) is 0 Å². The molecule has 23 heavy (non-hydrogen) atoms. The Bertz CT molecular complexity index is 827. The summed E-state index contributed by atoms with van der Waals surface area (Å²) in [4.78, 5) is 7.64. The summed E-state index contributed by atoms with van der Waals surface area (Å²) in [5.74, 6) is 1.27. The topological polar surface area (TPSA) is 81.1 Å². The van der Waals surface area contributed by atoms with E-state index in [-0.39, 0.29) is 6.04 Å². The van der Waals surface area contributed by atoms with E-state index < -0.39 is 0 Å². The summed E-state index contributed by atoms with van der Waals surface area (Å²) in [5, 5.41) is 8.83. The molecule has 118 valence electrons. The van der Waals surface area contributed by atoms with E-state index in [0.717, 1.165) is 24.4 Å². The van der Waals surface area contributed by atoms with Gasteiger partial charge in [-0.2, -0.15) is 0 Å². The van der Waals surface area contributed by atoms with Crippen LogP contribution in [-0.4, -0.2) is 20.1 Å². The largest absolute Gasteiger partial charge is 0.424 e. The lowest BCUT2D eigenvalue weighted by Crippen LogP contribution is -2.33. The van der Waals surface area contributed by atoms with Gasteiger partial charge in [0.15, 0.2) is 5.13 Å². The highest BCUT2D eigenvalue weighted by molar-refractivity contribution is 7.15. The highest BCUT2D eigenvalue weighted by Gasteiger charge is 2.31. The van der Waals surface area contributed by atoms with Crippen LogP contribution in [0, 0.1) is 6.92 Å². The first-order valence-electron chi connectivity index (χ1n) is 7.50. The number of benzene rings is 1. The summed E-state index contributed by atoms with van der Waals surface area (Å²) in [6.45, 7) is 3.44. The van der Waals surface area contributed by atoms with Crippen molar-refractivity contribution in [2.75, 3.05) is 5.73 Å². The minimum atomic E-state index is 0.0782. The van der Waals surface area contributed by atoms with Crippen molar-refractivity contribution >= 4 is 16.5 Å². The SMILES string of the molecule is Cc1nnc(C2Cc3ccccc3CN2Cc2cnc(N)s2)o1. The maximum atomic E-state index is 5.76. The second-order valence-electron chi connectivity index (χ2n) is 5.72. The second kappa shape index (κ2) is 5.75. The summed E-state index contributed by atoms with van der Waals surface area (Å²) in [6.07, 6.45) is 2.71. The quantitative estimate of drug-likeness (QED) is 0.796. The average molecular weight is 327 g/mol. The lowest BCUT2D eigenvalue weighted by Gasteiger charge is -2.34. The van der Waals surface area contributed by atoms with Crippen LogP contribution < -0.4 is 5.73 Å². The number of nitrogen functional groups attached to an aromatic ring is 1. The third kappa shape index (κ3) is 2.85. The van der Waals surface area contributed by atoms with Gasteiger partial charge in [0.05, 0.1) is 6.04 Å². The molecule has 6 nitrogen and oxygen atoms in total. The van der Waals surface area contributed by atoms with Crippen LogP contribution in [0.5, 0.6) is 0 Å². The Morgan fingerprint density at radius 2 is 2.13 bits per heavy atom. The monoisotopic (exact) mass is 327 g/mol. The Labute approximate surface area is 138 Å². The van der Waals surface area contributed by atoms with Gasteiger partial charge in [0.25, 0.3) is 0 Å². The Kier molecular flexibility index (Phi) is 3.59. The molecule has 1 aromatic carbocycles. The summed E-state index contributed by atoms with van der Waals surface area (Å²) < 4.78 is 5.71. The second-order valence-corrected chi connectivity index (χ2v) is 6.86. The van der Waals surface area contributed by atoms with Gasteiger partial charge in [0, 0.05) is 31.1 Å². The van der Waals surface area contributed by atoms with Crippen LogP contribution in [0.1, 0.15) is 33.8 Å². The highest BCUT2D eigenvalue weighted by atomic mass is 32.1. The fraction of sp³-hybridized carbons (Fsp3) is 0.312. The number of aromatic nitrogens is 3. The van der Waals surface area contributed by atoms with Gasteiger partial charge >= 0.3 is 0 Å². The van der Waals surface area contributed by atoms with Gasteiger partial charge in [-0.3, -0.25) is 4.90 Å². The van der Waals surface area contributed by atoms with Crippen LogP contribution in [0.25, 0.3) is 0 Å². The van der Waals surface area contributed by atoms with Crippen LogP contribution in [0.2, 0.25) is 0 Å². The molecule has 3 aromatic rings. The standard InChI is InChI=1S/C16H17N5OS/c1-10-19-20-15(22-10)14-6-11-4-2-3-5-12(11)8-21(14)9-13-7-18-16(17)23-13/h2-5,7,14H,6,8-9H2,1H3,(H2,17,18). The number of thiazole rings is 1. The summed E-state index contributed by atoms with van der Waals surface area (Å²) in [6, 6.07) is 8.59. The lowest BCUT2D eigenvalue weighted by atomic mass is 9.94. The minimum absolute atomic E-state index is 0.0782. The van der Waals surface area contributed by atoms with Crippen molar-refractivity contribution in [2.45, 2.75) is 32.5 Å². The van der Waals surface area contributed by atoms with Crippen molar-refractivity contribution in [3.05, 3.63) is 58.2 Å². The first kappa shape index (κ1) is 14.3. The van der Waals surface area contributed by atoms with Gasteiger partial charge in [-0.05, 0) is 17.5 Å². The molecule has 1 aliphatic heterocycles.